The fourth-order valence-electron chi connectivity index (χ4n) is 2.13. The summed E-state index contributed by atoms with van der Waals surface area (Å²) in [4.78, 5) is 4.42. The molecule has 0 saturated heterocycles. The molecule has 0 amide bonds. The van der Waals surface area contributed by atoms with Gasteiger partial charge in [0.15, 0.2) is 5.96 Å². The molecule has 0 bridgehead atoms. The highest BCUT2D eigenvalue weighted by Gasteiger charge is 2.11. The van der Waals surface area contributed by atoms with Crippen molar-refractivity contribution in [1.82, 2.24) is 15.4 Å². The van der Waals surface area contributed by atoms with Crippen LogP contribution in [-0.2, 0) is 23.1 Å². The van der Waals surface area contributed by atoms with Crippen LogP contribution in [0.15, 0.2) is 64.5 Å². The highest BCUT2D eigenvalue weighted by Crippen LogP contribution is 2.10. The number of nitrogens with zero attached hydrogens (tertiary/aromatic N) is 1. The van der Waals surface area contributed by atoms with Crippen LogP contribution in [0.25, 0.3) is 0 Å². The van der Waals surface area contributed by atoms with Crippen LogP contribution in [-0.4, -0.2) is 28.5 Å². The minimum absolute atomic E-state index is 0. The van der Waals surface area contributed by atoms with Crippen molar-refractivity contribution in [2.75, 3.05) is 14.1 Å². The molecule has 8 heteroatoms. The largest absolute Gasteiger partial charge is 0.352 e. The lowest BCUT2D eigenvalue weighted by atomic mass is 10.2. The summed E-state index contributed by atoms with van der Waals surface area (Å²) in [5, 5.41) is 6.40. The van der Waals surface area contributed by atoms with Crippen LogP contribution < -0.4 is 15.4 Å². The van der Waals surface area contributed by atoms with Crippen LogP contribution in [0.3, 0.4) is 0 Å². The van der Waals surface area contributed by atoms with E-state index in [4.69, 9.17) is 0 Å². The third kappa shape index (κ3) is 6.63. The molecule has 0 atom stereocenters. The average molecular weight is 474 g/mol. The second kappa shape index (κ2) is 10.4. The fourth-order valence-corrected chi connectivity index (χ4v) is 2.93. The monoisotopic (exact) mass is 474 g/mol. The van der Waals surface area contributed by atoms with Crippen molar-refractivity contribution in [3.63, 3.8) is 0 Å². The topological polar surface area (TPSA) is 82.6 Å². The van der Waals surface area contributed by atoms with E-state index in [-0.39, 0.29) is 28.9 Å². The number of guanidine groups is 1. The van der Waals surface area contributed by atoms with Gasteiger partial charge in [-0.1, -0.05) is 42.5 Å². The molecule has 0 aliphatic carbocycles. The second-order valence-corrected chi connectivity index (χ2v) is 7.01. The molecule has 0 aromatic heterocycles. The first-order valence-electron chi connectivity index (χ1n) is 7.56. The van der Waals surface area contributed by atoms with Crippen LogP contribution in [0, 0.1) is 0 Å². The van der Waals surface area contributed by atoms with Crippen LogP contribution in [0.1, 0.15) is 11.1 Å². The molecule has 136 valence electrons. The second-order valence-electron chi connectivity index (χ2n) is 5.12. The standard InChI is InChI=1S/C17H22N4O2S.HI/c1-18-17(20-12-14-7-4-3-5-8-14)21-13-15-9-6-10-16(11-15)24(22,23)19-2;/h3-11,19H,12-13H2,1-2H3,(H2,18,20,21);1H. The summed E-state index contributed by atoms with van der Waals surface area (Å²) >= 11 is 0. The number of halogens is 1. The van der Waals surface area contributed by atoms with Gasteiger partial charge >= 0.3 is 0 Å². The summed E-state index contributed by atoms with van der Waals surface area (Å²) in [6.07, 6.45) is 0. The van der Waals surface area contributed by atoms with Crippen molar-refractivity contribution in [2.24, 2.45) is 4.99 Å². The van der Waals surface area contributed by atoms with Crippen molar-refractivity contribution in [3.8, 4) is 0 Å². The quantitative estimate of drug-likeness (QED) is 0.340. The maximum Gasteiger partial charge on any atom is 0.240 e. The molecule has 0 saturated carbocycles. The molecule has 2 rings (SSSR count). The Labute approximate surface area is 166 Å². The molecule has 6 nitrogen and oxygen atoms in total. The van der Waals surface area contributed by atoms with Crippen molar-refractivity contribution in [3.05, 3.63) is 65.7 Å². The molecule has 2 aromatic rings. The molecule has 25 heavy (non-hydrogen) atoms. The zero-order valence-electron chi connectivity index (χ0n) is 14.2. The first kappa shape index (κ1) is 21.4. The van der Waals surface area contributed by atoms with E-state index in [0.29, 0.717) is 19.0 Å². The normalized spacial score (nSPS) is 11.5. The molecular formula is C17H23IN4O2S. The molecule has 0 spiro atoms. The van der Waals surface area contributed by atoms with E-state index in [2.05, 4.69) is 20.3 Å². The first-order chi connectivity index (χ1) is 11.5. The molecular weight excluding hydrogens is 451 g/mol. The molecule has 0 aliphatic rings. The van der Waals surface area contributed by atoms with Crippen molar-refractivity contribution >= 4 is 40.0 Å². The predicted molar refractivity (Wildman–Crippen MR) is 112 cm³/mol. The maximum atomic E-state index is 11.8. The first-order valence-corrected chi connectivity index (χ1v) is 9.04. The van der Waals surface area contributed by atoms with E-state index in [1.165, 1.54) is 7.05 Å². The minimum Gasteiger partial charge on any atom is -0.352 e. The van der Waals surface area contributed by atoms with E-state index < -0.39 is 10.0 Å². The van der Waals surface area contributed by atoms with Crippen LogP contribution in [0.2, 0.25) is 0 Å². The van der Waals surface area contributed by atoms with E-state index in [1.807, 2.05) is 36.4 Å². The summed E-state index contributed by atoms with van der Waals surface area (Å²) in [6, 6.07) is 16.8. The third-order valence-corrected chi connectivity index (χ3v) is 4.88. The molecule has 0 fully saturated rings. The van der Waals surface area contributed by atoms with Gasteiger partial charge < -0.3 is 10.6 Å². The zero-order valence-corrected chi connectivity index (χ0v) is 17.3. The van der Waals surface area contributed by atoms with Gasteiger partial charge in [-0.05, 0) is 30.3 Å². The smallest absolute Gasteiger partial charge is 0.240 e. The van der Waals surface area contributed by atoms with Gasteiger partial charge in [0.25, 0.3) is 0 Å². The molecule has 0 unspecified atom stereocenters. The molecule has 0 aliphatic heterocycles. The lowest BCUT2D eigenvalue weighted by molar-refractivity contribution is 0.588. The van der Waals surface area contributed by atoms with Gasteiger partial charge in [-0.2, -0.15) is 0 Å². The SMILES string of the molecule is CN=C(NCc1ccccc1)NCc1cccc(S(=O)(=O)NC)c1.I. The summed E-state index contributed by atoms with van der Waals surface area (Å²) in [7, 11) is -0.340. The van der Waals surface area contributed by atoms with Crippen molar-refractivity contribution < 1.29 is 8.42 Å². The Balaban J connectivity index is 0.00000312. The lowest BCUT2D eigenvalue weighted by Gasteiger charge is -2.12. The molecule has 2 aromatic carbocycles. The van der Waals surface area contributed by atoms with Crippen LogP contribution >= 0.6 is 24.0 Å². The number of hydrogen-bond donors (Lipinski definition) is 3. The summed E-state index contributed by atoms with van der Waals surface area (Å²) in [5.74, 6) is 0.653. The molecule has 0 heterocycles. The third-order valence-electron chi connectivity index (χ3n) is 3.46. The summed E-state index contributed by atoms with van der Waals surface area (Å²) in [5.41, 5.74) is 2.01. The summed E-state index contributed by atoms with van der Waals surface area (Å²) in [6.45, 7) is 1.14. The van der Waals surface area contributed by atoms with Crippen molar-refractivity contribution in [1.29, 1.82) is 0 Å². The molecule has 0 radical (unpaired) electrons. The number of sulfonamides is 1. The molecule has 3 N–H and O–H groups in total. The average Bonchev–Trinajstić information content (AvgIpc) is 2.63. The zero-order chi connectivity index (χ0) is 17.4. The Morgan fingerprint density at radius 3 is 2.16 bits per heavy atom. The predicted octanol–water partition coefficient (Wildman–Crippen LogP) is 2.08. The number of hydrogen-bond acceptors (Lipinski definition) is 3. The van der Waals surface area contributed by atoms with Gasteiger partial charge in [0, 0.05) is 20.1 Å². The number of benzene rings is 2. The van der Waals surface area contributed by atoms with Gasteiger partial charge in [-0.15, -0.1) is 24.0 Å². The summed E-state index contributed by atoms with van der Waals surface area (Å²) < 4.78 is 26.0. The van der Waals surface area contributed by atoms with Gasteiger partial charge in [0.1, 0.15) is 0 Å². The van der Waals surface area contributed by atoms with Gasteiger partial charge in [0.05, 0.1) is 4.90 Å². The Kier molecular flexibility index (Phi) is 8.87. The Morgan fingerprint density at radius 2 is 1.56 bits per heavy atom. The van der Waals surface area contributed by atoms with E-state index >= 15 is 0 Å². The van der Waals surface area contributed by atoms with Crippen LogP contribution in [0.5, 0.6) is 0 Å². The highest BCUT2D eigenvalue weighted by atomic mass is 127. The number of rotatable bonds is 6. The van der Waals surface area contributed by atoms with Gasteiger partial charge in [-0.25, -0.2) is 13.1 Å². The van der Waals surface area contributed by atoms with E-state index in [0.717, 1.165) is 11.1 Å². The number of nitrogens with one attached hydrogen (secondary N) is 3. The Hall–Kier alpha value is -1.65. The van der Waals surface area contributed by atoms with Crippen molar-refractivity contribution in [2.45, 2.75) is 18.0 Å². The van der Waals surface area contributed by atoms with E-state index in [9.17, 15) is 8.42 Å². The highest BCUT2D eigenvalue weighted by molar-refractivity contribution is 14.0. The van der Waals surface area contributed by atoms with Gasteiger partial charge in [-0.3, -0.25) is 4.99 Å². The Bertz CT molecular complexity index is 795. The van der Waals surface area contributed by atoms with Crippen LogP contribution in [0.4, 0.5) is 0 Å². The fraction of sp³-hybridized carbons (Fsp3) is 0.235. The number of aliphatic imine (C=N–C) groups is 1. The maximum absolute atomic E-state index is 11.8. The van der Waals surface area contributed by atoms with E-state index in [1.54, 1.807) is 25.2 Å². The minimum atomic E-state index is -3.43. The Morgan fingerprint density at radius 1 is 0.960 bits per heavy atom. The van der Waals surface area contributed by atoms with Gasteiger partial charge in [0.2, 0.25) is 10.0 Å². The lowest BCUT2D eigenvalue weighted by Crippen LogP contribution is -2.36.